The molecule has 0 aliphatic carbocycles. The number of piperidine rings is 1. The molecular formula is C20H22N4O5S. The molecule has 10 heteroatoms. The molecule has 9 nitrogen and oxygen atoms in total. The van der Waals surface area contributed by atoms with Crippen molar-refractivity contribution < 1.29 is 22.4 Å². The minimum atomic E-state index is -3.76. The summed E-state index contributed by atoms with van der Waals surface area (Å²) in [6.07, 6.45) is 2.44. The number of aromatic amines is 1. The van der Waals surface area contributed by atoms with Crippen molar-refractivity contribution in [3.05, 3.63) is 48.7 Å². The van der Waals surface area contributed by atoms with Gasteiger partial charge >= 0.3 is 0 Å². The second-order valence-electron chi connectivity index (χ2n) is 6.99. The maximum atomic E-state index is 12.9. The van der Waals surface area contributed by atoms with Crippen LogP contribution >= 0.6 is 0 Å². The molecule has 0 radical (unpaired) electrons. The Kier molecular flexibility index (Phi) is 5.60. The first-order valence-electron chi connectivity index (χ1n) is 9.52. The highest BCUT2D eigenvalue weighted by atomic mass is 32.2. The Balaban J connectivity index is 1.36. The number of H-pyrrole nitrogens is 1. The predicted molar refractivity (Wildman–Crippen MR) is 109 cm³/mol. The van der Waals surface area contributed by atoms with E-state index in [0.29, 0.717) is 35.7 Å². The van der Waals surface area contributed by atoms with E-state index in [9.17, 15) is 13.2 Å². The number of anilines is 1. The molecule has 1 aliphatic rings. The van der Waals surface area contributed by atoms with Crippen molar-refractivity contribution >= 4 is 21.6 Å². The number of sulfonamides is 1. The van der Waals surface area contributed by atoms with E-state index in [1.807, 2.05) is 0 Å². The monoisotopic (exact) mass is 430 g/mol. The van der Waals surface area contributed by atoms with E-state index in [1.54, 1.807) is 49.7 Å². The Morgan fingerprint density at radius 3 is 2.53 bits per heavy atom. The minimum absolute atomic E-state index is 0.114. The molecule has 1 aromatic carbocycles. The molecule has 1 saturated heterocycles. The summed E-state index contributed by atoms with van der Waals surface area (Å²) >= 11 is 0. The van der Waals surface area contributed by atoms with Gasteiger partial charge < -0.3 is 14.5 Å². The summed E-state index contributed by atoms with van der Waals surface area (Å²) in [5.74, 6) is 0.743. The van der Waals surface area contributed by atoms with E-state index in [4.69, 9.17) is 9.15 Å². The van der Waals surface area contributed by atoms with Crippen LogP contribution in [0.5, 0.6) is 5.75 Å². The standard InChI is InChI=1S/C20H22N4O5S/c1-28-16-4-2-15(3-5-16)22-20(25)14-9-12-24(13-10-14)30(26,27)19-7-6-18(29-19)17-8-11-21-23-17/h2-8,11,14H,9-10,12-13H2,1H3,(H,21,23)(H,22,25). The van der Waals surface area contributed by atoms with Crippen LogP contribution in [0.25, 0.3) is 11.5 Å². The molecule has 0 atom stereocenters. The van der Waals surface area contributed by atoms with Crippen molar-refractivity contribution in [2.45, 2.75) is 17.9 Å². The van der Waals surface area contributed by atoms with Crippen LogP contribution in [0.2, 0.25) is 0 Å². The summed E-state index contributed by atoms with van der Waals surface area (Å²) in [5, 5.41) is 9.33. The number of methoxy groups -OCH3 is 1. The maximum absolute atomic E-state index is 12.9. The number of hydrogen-bond donors (Lipinski definition) is 2. The Morgan fingerprint density at radius 1 is 1.17 bits per heavy atom. The summed E-state index contributed by atoms with van der Waals surface area (Å²) in [6.45, 7) is 0.506. The first-order chi connectivity index (χ1) is 14.5. The molecule has 3 heterocycles. The Morgan fingerprint density at radius 2 is 1.90 bits per heavy atom. The van der Waals surface area contributed by atoms with Gasteiger partial charge in [0, 0.05) is 30.9 Å². The normalized spacial score (nSPS) is 15.8. The summed E-state index contributed by atoms with van der Waals surface area (Å²) in [4.78, 5) is 12.5. The van der Waals surface area contributed by atoms with Gasteiger partial charge in [0.05, 0.1) is 7.11 Å². The van der Waals surface area contributed by atoms with Gasteiger partial charge in [0.1, 0.15) is 11.4 Å². The molecule has 158 valence electrons. The zero-order valence-electron chi connectivity index (χ0n) is 16.4. The SMILES string of the molecule is COc1ccc(NC(=O)C2CCN(S(=O)(=O)c3ccc(-c4ccn[nH]4)o3)CC2)cc1. The van der Waals surface area contributed by atoms with Crippen molar-refractivity contribution in [3.8, 4) is 17.2 Å². The van der Waals surface area contributed by atoms with Gasteiger partial charge in [-0.1, -0.05) is 0 Å². The maximum Gasteiger partial charge on any atom is 0.276 e. The molecule has 4 rings (SSSR count). The zero-order valence-corrected chi connectivity index (χ0v) is 17.2. The van der Waals surface area contributed by atoms with Gasteiger partial charge in [-0.05, 0) is 55.3 Å². The number of amides is 1. The number of hydrogen-bond acceptors (Lipinski definition) is 6. The zero-order chi connectivity index (χ0) is 21.1. The van der Waals surface area contributed by atoms with Gasteiger partial charge in [0.15, 0.2) is 5.76 Å². The van der Waals surface area contributed by atoms with Crippen LogP contribution < -0.4 is 10.1 Å². The molecule has 0 bridgehead atoms. The smallest absolute Gasteiger partial charge is 0.276 e. The lowest BCUT2D eigenvalue weighted by Crippen LogP contribution is -2.41. The number of nitrogens with one attached hydrogen (secondary N) is 2. The van der Waals surface area contributed by atoms with Crippen molar-refractivity contribution in [3.63, 3.8) is 0 Å². The summed E-state index contributed by atoms with van der Waals surface area (Å²) in [7, 11) is -2.18. The Bertz CT molecular complexity index is 1100. The Labute approximate surface area is 174 Å². The van der Waals surface area contributed by atoms with Crippen LogP contribution in [0, 0.1) is 5.92 Å². The third-order valence-corrected chi connectivity index (χ3v) is 6.90. The molecule has 2 N–H and O–H groups in total. The third-order valence-electron chi connectivity index (χ3n) is 5.12. The second kappa shape index (κ2) is 8.33. The van der Waals surface area contributed by atoms with Gasteiger partial charge in [-0.2, -0.15) is 9.40 Å². The summed E-state index contributed by atoms with van der Waals surface area (Å²) in [5.41, 5.74) is 1.28. The fraction of sp³-hybridized carbons (Fsp3) is 0.300. The molecule has 0 saturated carbocycles. The Hall–Kier alpha value is -3.11. The lowest BCUT2D eigenvalue weighted by atomic mass is 9.97. The van der Waals surface area contributed by atoms with Crippen LogP contribution in [-0.4, -0.2) is 49.0 Å². The number of aromatic nitrogens is 2. The number of furan rings is 1. The minimum Gasteiger partial charge on any atom is -0.497 e. The second-order valence-corrected chi connectivity index (χ2v) is 8.85. The van der Waals surface area contributed by atoms with Crippen LogP contribution in [0.3, 0.4) is 0 Å². The molecule has 1 aliphatic heterocycles. The van der Waals surface area contributed by atoms with E-state index >= 15 is 0 Å². The summed E-state index contributed by atoms with van der Waals surface area (Å²) in [6, 6.07) is 11.8. The predicted octanol–water partition coefficient (Wildman–Crippen LogP) is 2.72. The molecule has 1 amide bonds. The quantitative estimate of drug-likeness (QED) is 0.621. The fourth-order valence-corrected chi connectivity index (χ4v) is 4.78. The van der Waals surface area contributed by atoms with Crippen molar-refractivity contribution in [1.82, 2.24) is 14.5 Å². The summed E-state index contributed by atoms with van der Waals surface area (Å²) < 4.78 is 37.8. The fourth-order valence-electron chi connectivity index (χ4n) is 3.40. The largest absolute Gasteiger partial charge is 0.497 e. The van der Waals surface area contributed by atoms with Crippen LogP contribution in [0.1, 0.15) is 12.8 Å². The van der Waals surface area contributed by atoms with Gasteiger partial charge in [0.25, 0.3) is 10.0 Å². The van der Waals surface area contributed by atoms with E-state index in [0.717, 1.165) is 0 Å². The van der Waals surface area contributed by atoms with E-state index in [2.05, 4.69) is 15.5 Å². The topological polar surface area (TPSA) is 118 Å². The van der Waals surface area contributed by atoms with E-state index in [1.165, 1.54) is 10.4 Å². The van der Waals surface area contributed by atoms with Crippen molar-refractivity contribution in [1.29, 1.82) is 0 Å². The number of nitrogens with zero attached hydrogens (tertiary/aromatic N) is 2. The van der Waals surface area contributed by atoms with Gasteiger partial charge in [-0.3, -0.25) is 9.89 Å². The lowest BCUT2D eigenvalue weighted by Gasteiger charge is -2.29. The molecule has 0 unspecified atom stereocenters. The van der Waals surface area contributed by atoms with Crippen LogP contribution in [0.15, 0.2) is 58.2 Å². The van der Waals surface area contributed by atoms with Gasteiger partial charge in [0.2, 0.25) is 11.0 Å². The molecule has 2 aromatic heterocycles. The average Bonchev–Trinajstić information content (AvgIpc) is 3.46. The lowest BCUT2D eigenvalue weighted by molar-refractivity contribution is -0.120. The first kappa shape index (κ1) is 20.2. The molecule has 3 aromatic rings. The number of carbonyl (C=O) groups excluding carboxylic acids is 1. The number of ether oxygens (including phenoxy) is 1. The van der Waals surface area contributed by atoms with Crippen molar-refractivity contribution in [2.75, 3.05) is 25.5 Å². The van der Waals surface area contributed by atoms with Crippen molar-refractivity contribution in [2.24, 2.45) is 5.92 Å². The van der Waals surface area contributed by atoms with E-state index < -0.39 is 10.0 Å². The molecule has 30 heavy (non-hydrogen) atoms. The van der Waals surface area contributed by atoms with Crippen LogP contribution in [-0.2, 0) is 14.8 Å². The third kappa shape index (κ3) is 4.10. The molecule has 0 spiro atoms. The van der Waals surface area contributed by atoms with E-state index in [-0.39, 0.29) is 30.0 Å². The average molecular weight is 430 g/mol. The number of rotatable bonds is 6. The molecule has 1 fully saturated rings. The highest BCUT2D eigenvalue weighted by Gasteiger charge is 2.34. The highest BCUT2D eigenvalue weighted by molar-refractivity contribution is 7.89. The molecular weight excluding hydrogens is 408 g/mol. The van der Waals surface area contributed by atoms with Gasteiger partial charge in [-0.15, -0.1) is 0 Å². The number of carbonyl (C=O) groups is 1. The van der Waals surface area contributed by atoms with Crippen LogP contribution in [0.4, 0.5) is 5.69 Å². The highest BCUT2D eigenvalue weighted by Crippen LogP contribution is 2.28. The number of benzene rings is 1. The first-order valence-corrected chi connectivity index (χ1v) is 11.0. The van der Waals surface area contributed by atoms with Gasteiger partial charge in [-0.25, -0.2) is 8.42 Å².